The Hall–Kier alpha value is -2.59. The van der Waals surface area contributed by atoms with Crippen molar-refractivity contribution < 1.29 is 9.53 Å². The van der Waals surface area contributed by atoms with E-state index in [0.29, 0.717) is 17.1 Å². The van der Waals surface area contributed by atoms with Gasteiger partial charge in [-0.25, -0.2) is 9.78 Å². The zero-order valence-electron chi connectivity index (χ0n) is 12.6. The molecule has 0 spiro atoms. The summed E-state index contributed by atoms with van der Waals surface area (Å²) < 4.78 is 6.84. The van der Waals surface area contributed by atoms with Crippen LogP contribution >= 0.6 is 11.6 Å². The van der Waals surface area contributed by atoms with Gasteiger partial charge >= 0.3 is 5.97 Å². The first-order valence-electron chi connectivity index (χ1n) is 7.12. The summed E-state index contributed by atoms with van der Waals surface area (Å²) in [4.78, 5) is 16.3. The van der Waals surface area contributed by atoms with Crippen molar-refractivity contribution in [1.29, 1.82) is 0 Å². The lowest BCUT2D eigenvalue weighted by atomic mass is 10.1. The second-order valence-corrected chi connectivity index (χ2v) is 5.47. The number of nitrogens with zero attached hydrogens (tertiary/aromatic N) is 2. The number of esters is 1. The molecule has 0 fully saturated rings. The van der Waals surface area contributed by atoms with Crippen LogP contribution in [-0.4, -0.2) is 22.6 Å². The van der Waals surface area contributed by atoms with E-state index in [2.05, 4.69) is 4.98 Å². The molecule has 5 heteroatoms. The van der Waals surface area contributed by atoms with Gasteiger partial charge in [-0.2, -0.15) is 0 Å². The fourth-order valence-corrected chi connectivity index (χ4v) is 2.57. The third kappa shape index (κ3) is 3.27. The molecular weight excluding hydrogens is 312 g/mol. The van der Waals surface area contributed by atoms with Crippen molar-refractivity contribution in [2.75, 3.05) is 7.11 Å². The summed E-state index contributed by atoms with van der Waals surface area (Å²) in [5, 5.41) is 0.683. The molecule has 3 rings (SSSR count). The van der Waals surface area contributed by atoms with Gasteiger partial charge in [0.15, 0.2) is 0 Å². The number of halogens is 1. The van der Waals surface area contributed by atoms with Crippen LogP contribution in [0, 0.1) is 0 Å². The standard InChI is InChI=1S/C18H15ClN2O2/c1-23-18(22)16-5-3-2-4-14(16)12-21-11-10-20-17(21)13-6-8-15(19)9-7-13/h2-11H,12H2,1H3. The molecule has 2 aromatic carbocycles. The van der Waals surface area contributed by atoms with Crippen molar-refractivity contribution in [3.8, 4) is 11.4 Å². The minimum atomic E-state index is -0.339. The van der Waals surface area contributed by atoms with Gasteiger partial charge in [0.05, 0.1) is 12.7 Å². The molecule has 0 atom stereocenters. The SMILES string of the molecule is COC(=O)c1ccccc1Cn1ccnc1-c1ccc(Cl)cc1. The van der Waals surface area contributed by atoms with E-state index in [1.54, 1.807) is 12.3 Å². The van der Waals surface area contributed by atoms with Gasteiger partial charge in [-0.15, -0.1) is 0 Å². The van der Waals surface area contributed by atoms with E-state index >= 15 is 0 Å². The van der Waals surface area contributed by atoms with Crippen LogP contribution in [0.1, 0.15) is 15.9 Å². The summed E-state index contributed by atoms with van der Waals surface area (Å²) in [6.07, 6.45) is 3.63. The normalized spacial score (nSPS) is 10.5. The first-order valence-corrected chi connectivity index (χ1v) is 7.50. The maximum Gasteiger partial charge on any atom is 0.338 e. The number of benzene rings is 2. The maximum absolute atomic E-state index is 11.9. The predicted octanol–water partition coefficient (Wildman–Crippen LogP) is 4.04. The number of hydrogen-bond acceptors (Lipinski definition) is 3. The molecule has 0 aliphatic carbocycles. The topological polar surface area (TPSA) is 44.1 Å². The predicted molar refractivity (Wildman–Crippen MR) is 89.6 cm³/mol. The highest BCUT2D eigenvalue weighted by Crippen LogP contribution is 2.22. The lowest BCUT2D eigenvalue weighted by molar-refractivity contribution is 0.0599. The molecule has 23 heavy (non-hydrogen) atoms. The second kappa shape index (κ2) is 6.67. The summed E-state index contributed by atoms with van der Waals surface area (Å²) in [6.45, 7) is 0.531. The van der Waals surface area contributed by atoms with Crippen molar-refractivity contribution in [3.05, 3.63) is 77.1 Å². The van der Waals surface area contributed by atoms with E-state index in [9.17, 15) is 4.79 Å². The van der Waals surface area contributed by atoms with Crippen LogP contribution in [-0.2, 0) is 11.3 Å². The largest absolute Gasteiger partial charge is 0.465 e. The molecule has 0 amide bonds. The first-order chi connectivity index (χ1) is 11.2. The summed E-state index contributed by atoms with van der Waals surface area (Å²) in [7, 11) is 1.38. The van der Waals surface area contributed by atoms with Gasteiger partial charge in [-0.05, 0) is 35.9 Å². The molecule has 0 saturated heterocycles. The van der Waals surface area contributed by atoms with Crippen molar-refractivity contribution in [2.45, 2.75) is 6.54 Å². The number of imidazole rings is 1. The van der Waals surface area contributed by atoms with Crippen LogP contribution in [0.2, 0.25) is 5.02 Å². The van der Waals surface area contributed by atoms with Crippen molar-refractivity contribution in [2.24, 2.45) is 0 Å². The zero-order valence-corrected chi connectivity index (χ0v) is 13.3. The molecule has 0 unspecified atom stereocenters. The van der Waals surface area contributed by atoms with Gasteiger partial charge in [-0.3, -0.25) is 0 Å². The molecule has 0 aliphatic rings. The highest BCUT2D eigenvalue weighted by Gasteiger charge is 2.13. The second-order valence-electron chi connectivity index (χ2n) is 5.03. The average molecular weight is 327 g/mol. The van der Waals surface area contributed by atoms with E-state index in [1.807, 2.05) is 53.2 Å². The molecule has 0 aliphatic heterocycles. The number of ether oxygens (including phenoxy) is 1. The van der Waals surface area contributed by atoms with Crippen LogP contribution < -0.4 is 0 Å². The number of carbonyl (C=O) groups excluding carboxylic acids is 1. The van der Waals surface area contributed by atoms with E-state index in [0.717, 1.165) is 17.0 Å². The average Bonchev–Trinajstić information content (AvgIpc) is 3.03. The molecule has 1 heterocycles. The van der Waals surface area contributed by atoms with Crippen LogP contribution in [0.4, 0.5) is 0 Å². The Balaban J connectivity index is 1.95. The molecule has 116 valence electrons. The van der Waals surface area contributed by atoms with Crippen molar-refractivity contribution in [1.82, 2.24) is 9.55 Å². The Morgan fingerprint density at radius 3 is 2.65 bits per heavy atom. The van der Waals surface area contributed by atoms with Crippen LogP contribution in [0.3, 0.4) is 0 Å². The smallest absolute Gasteiger partial charge is 0.338 e. The zero-order chi connectivity index (χ0) is 16.2. The monoisotopic (exact) mass is 326 g/mol. The van der Waals surface area contributed by atoms with E-state index in [1.165, 1.54) is 7.11 Å². The Morgan fingerprint density at radius 1 is 1.17 bits per heavy atom. The molecule has 0 bridgehead atoms. The minimum absolute atomic E-state index is 0.339. The van der Waals surface area contributed by atoms with Gasteiger partial charge in [0.1, 0.15) is 5.82 Å². The Bertz CT molecular complexity index is 825. The minimum Gasteiger partial charge on any atom is -0.465 e. The van der Waals surface area contributed by atoms with Gasteiger partial charge in [0.25, 0.3) is 0 Å². The van der Waals surface area contributed by atoms with Crippen molar-refractivity contribution in [3.63, 3.8) is 0 Å². The first kappa shape index (κ1) is 15.3. The third-order valence-electron chi connectivity index (χ3n) is 3.58. The number of methoxy groups -OCH3 is 1. The lowest BCUT2D eigenvalue weighted by Crippen LogP contribution is -2.09. The van der Waals surface area contributed by atoms with Crippen LogP contribution in [0.5, 0.6) is 0 Å². The number of aromatic nitrogens is 2. The number of carbonyl (C=O) groups is 1. The third-order valence-corrected chi connectivity index (χ3v) is 3.83. The summed E-state index contributed by atoms with van der Waals surface area (Å²) in [6, 6.07) is 14.9. The van der Waals surface area contributed by atoms with Gasteiger partial charge in [0, 0.05) is 29.5 Å². The fraction of sp³-hybridized carbons (Fsp3) is 0.111. The highest BCUT2D eigenvalue weighted by atomic mass is 35.5. The summed E-state index contributed by atoms with van der Waals surface area (Å²) >= 11 is 5.94. The molecule has 4 nitrogen and oxygen atoms in total. The van der Waals surface area contributed by atoms with Crippen LogP contribution in [0.15, 0.2) is 60.9 Å². The molecular formula is C18H15ClN2O2. The van der Waals surface area contributed by atoms with Gasteiger partial charge in [-0.1, -0.05) is 29.8 Å². The maximum atomic E-state index is 11.9. The molecule has 3 aromatic rings. The number of hydrogen-bond donors (Lipinski definition) is 0. The van der Waals surface area contributed by atoms with Crippen LogP contribution in [0.25, 0.3) is 11.4 Å². The molecule has 0 saturated carbocycles. The van der Waals surface area contributed by atoms with Gasteiger partial charge in [0.2, 0.25) is 0 Å². The number of rotatable bonds is 4. The molecule has 0 radical (unpaired) electrons. The lowest BCUT2D eigenvalue weighted by Gasteiger charge is -2.11. The van der Waals surface area contributed by atoms with E-state index in [-0.39, 0.29) is 5.97 Å². The summed E-state index contributed by atoms with van der Waals surface area (Å²) in [5.41, 5.74) is 2.41. The Morgan fingerprint density at radius 2 is 1.91 bits per heavy atom. The Labute approximate surface area is 139 Å². The molecule has 0 N–H and O–H groups in total. The van der Waals surface area contributed by atoms with E-state index < -0.39 is 0 Å². The highest BCUT2D eigenvalue weighted by molar-refractivity contribution is 6.30. The quantitative estimate of drug-likeness (QED) is 0.680. The fourth-order valence-electron chi connectivity index (χ4n) is 2.45. The Kier molecular flexibility index (Phi) is 4.44. The van der Waals surface area contributed by atoms with Crippen molar-refractivity contribution >= 4 is 17.6 Å². The van der Waals surface area contributed by atoms with E-state index in [4.69, 9.17) is 16.3 Å². The van der Waals surface area contributed by atoms with Gasteiger partial charge < -0.3 is 9.30 Å². The molecule has 1 aromatic heterocycles. The summed E-state index contributed by atoms with van der Waals surface area (Å²) in [5.74, 6) is 0.482.